The van der Waals surface area contributed by atoms with Crippen LogP contribution in [0.5, 0.6) is 0 Å². The Bertz CT molecular complexity index is 363. The number of aromatic nitrogens is 2. The summed E-state index contributed by atoms with van der Waals surface area (Å²) in [4.78, 5) is 4.23. The van der Waals surface area contributed by atoms with Gasteiger partial charge in [0.2, 0.25) is 0 Å². The third kappa shape index (κ3) is 2.38. The highest BCUT2D eigenvalue weighted by molar-refractivity contribution is 5.07. The lowest BCUT2D eigenvalue weighted by molar-refractivity contribution is -0.0841. The largest absolute Gasteiger partial charge is 0.376 e. The Hall–Kier alpha value is -0.870. The Balaban J connectivity index is 2.14. The SMILES string of the molecule is COC1(Cn2cncc2C(N)C(C)C)CCC1. The van der Waals surface area contributed by atoms with Gasteiger partial charge in [0.25, 0.3) is 0 Å². The summed E-state index contributed by atoms with van der Waals surface area (Å²) in [6.07, 6.45) is 7.29. The van der Waals surface area contributed by atoms with Gasteiger partial charge in [0.05, 0.1) is 24.2 Å². The Morgan fingerprint density at radius 2 is 2.24 bits per heavy atom. The smallest absolute Gasteiger partial charge is 0.0949 e. The molecule has 1 saturated carbocycles. The third-order valence-electron chi connectivity index (χ3n) is 3.96. The second-order valence-corrected chi connectivity index (χ2v) is 5.46. The van der Waals surface area contributed by atoms with Crippen LogP contribution in [0.3, 0.4) is 0 Å². The molecule has 1 aliphatic carbocycles. The molecule has 1 heterocycles. The molecule has 0 spiro atoms. The van der Waals surface area contributed by atoms with Crippen molar-refractivity contribution < 1.29 is 4.74 Å². The van der Waals surface area contributed by atoms with E-state index in [-0.39, 0.29) is 11.6 Å². The Morgan fingerprint density at radius 1 is 1.53 bits per heavy atom. The Kier molecular flexibility index (Phi) is 3.54. The molecule has 1 atom stereocenters. The first-order valence-corrected chi connectivity index (χ1v) is 6.39. The zero-order valence-electron chi connectivity index (χ0n) is 11.0. The summed E-state index contributed by atoms with van der Waals surface area (Å²) in [6, 6.07) is 0.0477. The van der Waals surface area contributed by atoms with Gasteiger partial charge in [-0.25, -0.2) is 4.98 Å². The number of imidazole rings is 1. The van der Waals surface area contributed by atoms with E-state index in [0.717, 1.165) is 25.1 Å². The molecule has 0 amide bonds. The average molecular weight is 237 g/mol. The van der Waals surface area contributed by atoms with Crippen LogP contribution in [-0.4, -0.2) is 22.3 Å². The van der Waals surface area contributed by atoms with Crippen molar-refractivity contribution in [1.29, 1.82) is 0 Å². The lowest BCUT2D eigenvalue weighted by Crippen LogP contribution is -2.43. The molecule has 0 bridgehead atoms. The van der Waals surface area contributed by atoms with Crippen molar-refractivity contribution in [3.05, 3.63) is 18.2 Å². The van der Waals surface area contributed by atoms with Gasteiger partial charge >= 0.3 is 0 Å². The van der Waals surface area contributed by atoms with E-state index in [0.29, 0.717) is 5.92 Å². The van der Waals surface area contributed by atoms with E-state index >= 15 is 0 Å². The lowest BCUT2D eigenvalue weighted by Gasteiger charge is -2.41. The minimum Gasteiger partial charge on any atom is -0.376 e. The van der Waals surface area contributed by atoms with E-state index in [1.807, 2.05) is 12.5 Å². The quantitative estimate of drug-likeness (QED) is 0.853. The van der Waals surface area contributed by atoms with Crippen LogP contribution in [0.2, 0.25) is 0 Å². The number of nitrogens with two attached hydrogens (primary N) is 1. The molecule has 0 aliphatic heterocycles. The van der Waals surface area contributed by atoms with E-state index in [1.54, 1.807) is 7.11 Å². The number of methoxy groups -OCH3 is 1. The van der Waals surface area contributed by atoms with Crippen LogP contribution in [-0.2, 0) is 11.3 Å². The molecule has 1 aliphatic rings. The second kappa shape index (κ2) is 4.78. The van der Waals surface area contributed by atoms with Gasteiger partial charge in [0.1, 0.15) is 0 Å². The van der Waals surface area contributed by atoms with Gasteiger partial charge in [-0.3, -0.25) is 0 Å². The van der Waals surface area contributed by atoms with Crippen LogP contribution in [0.1, 0.15) is 44.8 Å². The molecule has 1 fully saturated rings. The fourth-order valence-corrected chi connectivity index (χ4v) is 2.39. The standard InChI is InChI=1S/C13H23N3O/c1-10(2)12(14)11-7-15-9-16(11)8-13(17-3)5-4-6-13/h7,9-10,12H,4-6,8,14H2,1-3H3. The predicted octanol–water partition coefficient (Wildman–Crippen LogP) is 2.11. The molecule has 17 heavy (non-hydrogen) atoms. The van der Waals surface area contributed by atoms with Gasteiger partial charge in [-0.2, -0.15) is 0 Å². The first-order chi connectivity index (χ1) is 8.08. The first kappa shape index (κ1) is 12.6. The van der Waals surface area contributed by atoms with Crippen LogP contribution >= 0.6 is 0 Å². The van der Waals surface area contributed by atoms with Crippen molar-refractivity contribution in [3.63, 3.8) is 0 Å². The molecule has 1 aromatic heterocycles. The van der Waals surface area contributed by atoms with Gasteiger partial charge in [0, 0.05) is 19.3 Å². The van der Waals surface area contributed by atoms with E-state index in [1.165, 1.54) is 6.42 Å². The fourth-order valence-electron chi connectivity index (χ4n) is 2.39. The summed E-state index contributed by atoms with van der Waals surface area (Å²) in [5, 5.41) is 0. The molecule has 1 aromatic rings. The molecule has 0 aromatic carbocycles. The summed E-state index contributed by atoms with van der Waals surface area (Å²) in [5.74, 6) is 0.422. The summed E-state index contributed by atoms with van der Waals surface area (Å²) in [6.45, 7) is 5.15. The molecular formula is C13H23N3O. The van der Waals surface area contributed by atoms with Crippen molar-refractivity contribution in [1.82, 2.24) is 9.55 Å². The maximum absolute atomic E-state index is 6.20. The fraction of sp³-hybridized carbons (Fsp3) is 0.769. The van der Waals surface area contributed by atoms with Crippen LogP contribution in [0, 0.1) is 5.92 Å². The van der Waals surface area contributed by atoms with Crippen molar-refractivity contribution in [3.8, 4) is 0 Å². The highest BCUT2D eigenvalue weighted by Crippen LogP contribution is 2.37. The van der Waals surface area contributed by atoms with Gasteiger partial charge in [-0.1, -0.05) is 13.8 Å². The van der Waals surface area contributed by atoms with Crippen molar-refractivity contribution in [2.24, 2.45) is 11.7 Å². The number of hydrogen-bond donors (Lipinski definition) is 1. The van der Waals surface area contributed by atoms with Gasteiger partial charge in [0.15, 0.2) is 0 Å². The van der Waals surface area contributed by atoms with Crippen LogP contribution in [0.25, 0.3) is 0 Å². The molecule has 2 rings (SSSR count). The van der Waals surface area contributed by atoms with Crippen LogP contribution < -0.4 is 5.73 Å². The predicted molar refractivity (Wildman–Crippen MR) is 67.6 cm³/mol. The Labute approximate surface area is 103 Å². The lowest BCUT2D eigenvalue weighted by atomic mass is 9.80. The second-order valence-electron chi connectivity index (χ2n) is 5.46. The summed E-state index contributed by atoms with van der Waals surface area (Å²) in [5.41, 5.74) is 7.34. The van der Waals surface area contributed by atoms with E-state index < -0.39 is 0 Å². The van der Waals surface area contributed by atoms with E-state index in [2.05, 4.69) is 23.4 Å². The highest BCUT2D eigenvalue weighted by atomic mass is 16.5. The van der Waals surface area contributed by atoms with Gasteiger partial charge in [-0.15, -0.1) is 0 Å². The maximum atomic E-state index is 6.20. The maximum Gasteiger partial charge on any atom is 0.0949 e. The van der Waals surface area contributed by atoms with E-state index in [9.17, 15) is 0 Å². The monoisotopic (exact) mass is 237 g/mol. The van der Waals surface area contributed by atoms with Gasteiger partial charge in [-0.05, 0) is 25.2 Å². The first-order valence-electron chi connectivity index (χ1n) is 6.39. The topological polar surface area (TPSA) is 53.1 Å². The summed E-state index contributed by atoms with van der Waals surface area (Å²) < 4.78 is 7.81. The minimum atomic E-state index is 0.0200. The molecular weight excluding hydrogens is 214 g/mol. The number of nitrogens with zero attached hydrogens (tertiary/aromatic N) is 2. The molecule has 2 N–H and O–H groups in total. The highest BCUT2D eigenvalue weighted by Gasteiger charge is 2.38. The van der Waals surface area contributed by atoms with Gasteiger partial charge < -0.3 is 15.0 Å². The molecule has 0 saturated heterocycles. The summed E-state index contributed by atoms with van der Waals surface area (Å²) >= 11 is 0. The number of rotatable bonds is 5. The average Bonchev–Trinajstić information content (AvgIpc) is 2.70. The Morgan fingerprint density at radius 3 is 2.71 bits per heavy atom. The van der Waals surface area contributed by atoms with Crippen LogP contribution in [0.15, 0.2) is 12.5 Å². The number of ether oxygens (including phenoxy) is 1. The molecule has 4 heteroatoms. The number of hydrogen-bond acceptors (Lipinski definition) is 3. The summed E-state index contributed by atoms with van der Waals surface area (Å²) in [7, 11) is 1.80. The molecule has 4 nitrogen and oxygen atoms in total. The molecule has 96 valence electrons. The van der Waals surface area contributed by atoms with Crippen LogP contribution in [0.4, 0.5) is 0 Å². The zero-order chi connectivity index (χ0) is 12.5. The normalized spacial score (nSPS) is 20.3. The van der Waals surface area contributed by atoms with E-state index in [4.69, 9.17) is 10.5 Å². The zero-order valence-corrected chi connectivity index (χ0v) is 11.0. The van der Waals surface area contributed by atoms with Crippen molar-refractivity contribution >= 4 is 0 Å². The van der Waals surface area contributed by atoms with Crippen molar-refractivity contribution in [2.45, 2.75) is 51.3 Å². The van der Waals surface area contributed by atoms with Crippen molar-refractivity contribution in [2.75, 3.05) is 7.11 Å². The molecule has 1 unspecified atom stereocenters. The minimum absolute atomic E-state index is 0.0200. The third-order valence-corrected chi connectivity index (χ3v) is 3.96. The molecule has 0 radical (unpaired) electrons.